The van der Waals surface area contributed by atoms with E-state index < -0.39 is 11.9 Å². The maximum Gasteiger partial charge on any atom is 0.344 e. The van der Waals surface area contributed by atoms with Gasteiger partial charge in [0.05, 0.1) is 17.9 Å². The van der Waals surface area contributed by atoms with Gasteiger partial charge >= 0.3 is 5.97 Å². The van der Waals surface area contributed by atoms with Gasteiger partial charge in [0.15, 0.2) is 10.9 Å². The molecule has 8 nitrogen and oxygen atoms in total. The standard InChI is InChI=1S/C22H23N3O5S/c1-5-29-21(28)19-18(14(3)26)15(4)30-20(19)24-17(27)12-31-22-23-9-10-25(22)16-8-6-7-13(2)11-16/h6-11H,5,12H2,1-4H3,(H,24,27). The lowest BCUT2D eigenvalue weighted by atomic mass is 10.1. The van der Waals surface area contributed by atoms with Crippen LogP contribution in [0.5, 0.6) is 0 Å². The summed E-state index contributed by atoms with van der Waals surface area (Å²) in [6.45, 7) is 6.67. The van der Waals surface area contributed by atoms with Crippen LogP contribution < -0.4 is 5.32 Å². The first-order valence-corrected chi connectivity index (χ1v) is 10.6. The number of benzene rings is 1. The fourth-order valence-corrected chi connectivity index (χ4v) is 3.89. The number of rotatable bonds is 8. The molecule has 3 aromatic rings. The van der Waals surface area contributed by atoms with Crippen LogP contribution in [0.15, 0.2) is 46.2 Å². The van der Waals surface area contributed by atoms with Gasteiger partial charge in [-0.15, -0.1) is 0 Å². The van der Waals surface area contributed by atoms with E-state index in [2.05, 4.69) is 10.3 Å². The number of amides is 1. The van der Waals surface area contributed by atoms with Crippen LogP contribution in [0.1, 0.15) is 45.9 Å². The van der Waals surface area contributed by atoms with Crippen LogP contribution in [0.3, 0.4) is 0 Å². The predicted molar refractivity (Wildman–Crippen MR) is 117 cm³/mol. The maximum absolute atomic E-state index is 12.6. The van der Waals surface area contributed by atoms with Gasteiger partial charge in [-0.05, 0) is 45.4 Å². The highest BCUT2D eigenvalue weighted by atomic mass is 32.2. The quantitative estimate of drug-likeness (QED) is 0.317. The maximum atomic E-state index is 12.6. The molecule has 0 spiro atoms. The number of Topliss-reactive ketones (excluding diaryl/α,β-unsaturated/α-hetero) is 1. The summed E-state index contributed by atoms with van der Waals surface area (Å²) in [6.07, 6.45) is 3.49. The molecule has 2 aromatic heterocycles. The van der Waals surface area contributed by atoms with Crippen LogP contribution in [-0.4, -0.2) is 39.6 Å². The number of thioether (sulfide) groups is 1. The molecule has 0 radical (unpaired) electrons. The van der Waals surface area contributed by atoms with Crippen molar-refractivity contribution in [1.82, 2.24) is 9.55 Å². The Bertz CT molecular complexity index is 1130. The molecule has 0 fully saturated rings. The van der Waals surface area contributed by atoms with Gasteiger partial charge in [-0.1, -0.05) is 23.9 Å². The van der Waals surface area contributed by atoms with E-state index in [1.54, 1.807) is 20.0 Å². The second-order valence-corrected chi connectivity index (χ2v) is 7.71. The Hall–Kier alpha value is -3.33. The number of furan rings is 1. The van der Waals surface area contributed by atoms with Gasteiger partial charge in [0.25, 0.3) is 0 Å². The van der Waals surface area contributed by atoms with Crippen molar-refractivity contribution in [2.45, 2.75) is 32.9 Å². The van der Waals surface area contributed by atoms with Crippen LogP contribution in [-0.2, 0) is 9.53 Å². The van der Waals surface area contributed by atoms with E-state index in [0.29, 0.717) is 5.16 Å². The lowest BCUT2D eigenvalue weighted by Crippen LogP contribution is -2.18. The van der Waals surface area contributed by atoms with Crippen molar-refractivity contribution in [2.75, 3.05) is 17.7 Å². The van der Waals surface area contributed by atoms with Crippen molar-refractivity contribution in [1.29, 1.82) is 0 Å². The highest BCUT2D eigenvalue weighted by molar-refractivity contribution is 7.99. The third-order valence-corrected chi connectivity index (χ3v) is 5.35. The molecular formula is C22H23N3O5S. The van der Waals surface area contributed by atoms with Crippen molar-refractivity contribution in [3.63, 3.8) is 0 Å². The molecular weight excluding hydrogens is 418 g/mol. The minimum atomic E-state index is -0.720. The Balaban J connectivity index is 1.76. The van der Waals surface area contributed by atoms with Crippen LogP contribution in [0.25, 0.3) is 5.69 Å². The van der Waals surface area contributed by atoms with Crippen LogP contribution in [0.2, 0.25) is 0 Å². The Morgan fingerprint density at radius 3 is 2.68 bits per heavy atom. The number of esters is 1. The minimum absolute atomic E-state index is 0.0280. The molecule has 0 saturated carbocycles. The number of aryl methyl sites for hydroxylation is 2. The number of carbonyl (C=O) groups is 3. The zero-order chi connectivity index (χ0) is 22.5. The number of nitrogens with one attached hydrogen (secondary N) is 1. The van der Waals surface area contributed by atoms with Gasteiger partial charge in [-0.3, -0.25) is 19.5 Å². The van der Waals surface area contributed by atoms with E-state index in [1.165, 1.54) is 18.7 Å². The minimum Gasteiger partial charge on any atom is -0.462 e. The largest absolute Gasteiger partial charge is 0.462 e. The lowest BCUT2D eigenvalue weighted by molar-refractivity contribution is -0.113. The normalized spacial score (nSPS) is 10.7. The number of aromatic nitrogens is 2. The summed E-state index contributed by atoms with van der Waals surface area (Å²) in [5, 5.41) is 3.23. The van der Waals surface area contributed by atoms with E-state index in [-0.39, 0.29) is 40.9 Å². The molecule has 0 unspecified atom stereocenters. The monoisotopic (exact) mass is 441 g/mol. The average Bonchev–Trinajstić information content (AvgIpc) is 3.30. The summed E-state index contributed by atoms with van der Waals surface area (Å²) in [4.78, 5) is 41.2. The summed E-state index contributed by atoms with van der Waals surface area (Å²) in [7, 11) is 0. The first-order chi connectivity index (χ1) is 14.8. The second kappa shape index (κ2) is 9.65. The molecule has 0 aliphatic rings. The first-order valence-electron chi connectivity index (χ1n) is 9.66. The fraction of sp³-hybridized carbons (Fsp3) is 0.273. The van der Waals surface area contributed by atoms with Crippen molar-refractivity contribution in [2.24, 2.45) is 0 Å². The van der Waals surface area contributed by atoms with Crippen molar-refractivity contribution in [3.05, 3.63) is 59.1 Å². The fourth-order valence-electron chi connectivity index (χ4n) is 3.12. The molecule has 1 N–H and O–H groups in total. The highest BCUT2D eigenvalue weighted by Crippen LogP contribution is 2.29. The average molecular weight is 442 g/mol. The molecule has 0 aliphatic carbocycles. The predicted octanol–water partition coefficient (Wildman–Crippen LogP) is 4.19. The SMILES string of the molecule is CCOC(=O)c1c(NC(=O)CSc2nccn2-c2cccc(C)c2)oc(C)c1C(C)=O. The molecule has 0 bridgehead atoms. The molecule has 1 amide bonds. The molecule has 0 atom stereocenters. The Kier molecular flexibility index (Phi) is 6.96. The van der Waals surface area contributed by atoms with Gasteiger partial charge in [-0.25, -0.2) is 9.78 Å². The third kappa shape index (κ3) is 5.05. The van der Waals surface area contributed by atoms with Gasteiger partial charge in [0, 0.05) is 18.1 Å². The summed E-state index contributed by atoms with van der Waals surface area (Å²) < 4.78 is 12.4. The van der Waals surface area contributed by atoms with Crippen molar-refractivity contribution in [3.8, 4) is 5.69 Å². The topological polar surface area (TPSA) is 103 Å². The molecule has 0 aliphatic heterocycles. The number of hydrogen-bond acceptors (Lipinski definition) is 7. The number of ether oxygens (including phenoxy) is 1. The smallest absolute Gasteiger partial charge is 0.344 e. The molecule has 9 heteroatoms. The number of hydrogen-bond donors (Lipinski definition) is 1. The summed E-state index contributed by atoms with van der Waals surface area (Å²) in [5.74, 6) is -1.29. The molecule has 0 saturated heterocycles. The summed E-state index contributed by atoms with van der Waals surface area (Å²) >= 11 is 1.24. The van der Waals surface area contributed by atoms with Crippen LogP contribution >= 0.6 is 11.8 Å². The molecule has 2 heterocycles. The van der Waals surface area contributed by atoms with Crippen molar-refractivity contribution < 1.29 is 23.5 Å². The molecule has 162 valence electrons. The second-order valence-electron chi connectivity index (χ2n) is 6.77. The number of anilines is 1. The highest BCUT2D eigenvalue weighted by Gasteiger charge is 2.28. The van der Waals surface area contributed by atoms with E-state index in [4.69, 9.17) is 9.15 Å². The van der Waals surface area contributed by atoms with Crippen LogP contribution in [0.4, 0.5) is 5.88 Å². The first kappa shape index (κ1) is 22.4. The Labute approximate surface area is 184 Å². The van der Waals surface area contributed by atoms with E-state index in [0.717, 1.165) is 11.3 Å². The number of nitrogens with zero attached hydrogens (tertiary/aromatic N) is 2. The Morgan fingerprint density at radius 1 is 1.23 bits per heavy atom. The summed E-state index contributed by atoms with van der Waals surface area (Å²) in [5.41, 5.74) is 2.10. The third-order valence-electron chi connectivity index (χ3n) is 4.39. The molecule has 1 aromatic carbocycles. The van der Waals surface area contributed by atoms with Crippen LogP contribution in [0, 0.1) is 13.8 Å². The van der Waals surface area contributed by atoms with E-state index in [9.17, 15) is 14.4 Å². The molecule has 3 rings (SSSR count). The zero-order valence-electron chi connectivity index (χ0n) is 17.7. The van der Waals surface area contributed by atoms with Gasteiger partial charge in [0.1, 0.15) is 11.3 Å². The summed E-state index contributed by atoms with van der Waals surface area (Å²) in [6, 6.07) is 7.93. The lowest BCUT2D eigenvalue weighted by Gasteiger charge is -2.09. The van der Waals surface area contributed by atoms with E-state index in [1.807, 2.05) is 42.0 Å². The van der Waals surface area contributed by atoms with Gasteiger partial charge < -0.3 is 9.15 Å². The van der Waals surface area contributed by atoms with E-state index >= 15 is 0 Å². The van der Waals surface area contributed by atoms with Crippen molar-refractivity contribution >= 4 is 35.3 Å². The van der Waals surface area contributed by atoms with Gasteiger partial charge in [0.2, 0.25) is 11.8 Å². The molecule has 31 heavy (non-hydrogen) atoms. The van der Waals surface area contributed by atoms with Gasteiger partial charge in [-0.2, -0.15) is 0 Å². The number of imidazole rings is 1. The number of ketones is 1. The number of carbonyl (C=O) groups excluding carboxylic acids is 3. The Morgan fingerprint density at radius 2 is 2.00 bits per heavy atom. The zero-order valence-corrected chi connectivity index (χ0v) is 18.5.